The lowest BCUT2D eigenvalue weighted by Gasteiger charge is -2.36. The first-order chi connectivity index (χ1) is 6.17. The summed E-state index contributed by atoms with van der Waals surface area (Å²) in [5, 5.41) is 0. The van der Waals surface area contributed by atoms with Crippen LogP contribution in [0.1, 0.15) is 73.1 Å². The summed E-state index contributed by atoms with van der Waals surface area (Å²) in [6, 6.07) is 0. The van der Waals surface area contributed by atoms with E-state index >= 15 is 0 Å². The SMILES string of the molecule is CC.CCC(C)(C)C1CCCCC1. The van der Waals surface area contributed by atoms with Crippen LogP contribution in [0.25, 0.3) is 0 Å². The van der Waals surface area contributed by atoms with E-state index in [4.69, 9.17) is 0 Å². The van der Waals surface area contributed by atoms with Crippen molar-refractivity contribution in [3.63, 3.8) is 0 Å². The van der Waals surface area contributed by atoms with Crippen LogP contribution in [0.5, 0.6) is 0 Å². The average Bonchev–Trinajstić information content (AvgIpc) is 2.22. The van der Waals surface area contributed by atoms with E-state index in [1.54, 1.807) is 0 Å². The van der Waals surface area contributed by atoms with E-state index in [1.165, 1.54) is 38.5 Å². The first-order valence-electron chi connectivity index (χ1n) is 6.17. The zero-order valence-electron chi connectivity index (χ0n) is 10.3. The van der Waals surface area contributed by atoms with Crippen molar-refractivity contribution in [2.45, 2.75) is 73.1 Å². The predicted octanol–water partition coefficient (Wildman–Crippen LogP) is 5.03. The van der Waals surface area contributed by atoms with E-state index < -0.39 is 0 Å². The molecule has 0 aromatic heterocycles. The molecule has 0 aromatic rings. The molecule has 0 spiro atoms. The lowest BCUT2D eigenvalue weighted by Crippen LogP contribution is -2.25. The van der Waals surface area contributed by atoms with Gasteiger partial charge in [0.05, 0.1) is 0 Å². The van der Waals surface area contributed by atoms with Crippen LogP contribution >= 0.6 is 0 Å². The van der Waals surface area contributed by atoms with E-state index in [9.17, 15) is 0 Å². The minimum atomic E-state index is 0.612. The van der Waals surface area contributed by atoms with Gasteiger partial charge in [-0.1, -0.05) is 60.3 Å². The fourth-order valence-electron chi connectivity index (χ4n) is 2.17. The summed E-state index contributed by atoms with van der Waals surface area (Å²) in [6.45, 7) is 11.2. The number of rotatable bonds is 2. The molecule has 1 aliphatic carbocycles. The second-order valence-corrected chi connectivity index (χ2v) is 4.68. The maximum Gasteiger partial charge on any atom is -0.0329 e. The standard InChI is InChI=1S/C11H22.C2H6/c1-4-11(2,3)10-8-6-5-7-9-10;1-2/h10H,4-9H2,1-3H3;1-2H3. The van der Waals surface area contributed by atoms with Crippen molar-refractivity contribution < 1.29 is 0 Å². The molecule has 13 heavy (non-hydrogen) atoms. The summed E-state index contributed by atoms with van der Waals surface area (Å²) in [6.07, 6.45) is 8.76. The van der Waals surface area contributed by atoms with Crippen molar-refractivity contribution >= 4 is 0 Å². The van der Waals surface area contributed by atoms with Gasteiger partial charge in [0.25, 0.3) is 0 Å². The van der Waals surface area contributed by atoms with Gasteiger partial charge in [-0.05, 0) is 24.2 Å². The summed E-state index contributed by atoms with van der Waals surface area (Å²) in [4.78, 5) is 0. The normalized spacial score (nSPS) is 19.2. The molecule has 0 N–H and O–H groups in total. The molecule has 0 bridgehead atoms. The van der Waals surface area contributed by atoms with Crippen molar-refractivity contribution in [3.05, 3.63) is 0 Å². The summed E-state index contributed by atoms with van der Waals surface area (Å²) in [7, 11) is 0. The van der Waals surface area contributed by atoms with Crippen molar-refractivity contribution in [3.8, 4) is 0 Å². The van der Waals surface area contributed by atoms with Crippen LogP contribution in [0.4, 0.5) is 0 Å². The van der Waals surface area contributed by atoms with Gasteiger partial charge in [-0.2, -0.15) is 0 Å². The van der Waals surface area contributed by atoms with Gasteiger partial charge in [0, 0.05) is 0 Å². The van der Waals surface area contributed by atoms with Crippen LogP contribution in [0.3, 0.4) is 0 Å². The molecule has 80 valence electrons. The molecule has 1 rings (SSSR count). The van der Waals surface area contributed by atoms with Gasteiger partial charge in [-0.15, -0.1) is 0 Å². The Labute approximate surface area is 85.1 Å². The fourth-order valence-corrected chi connectivity index (χ4v) is 2.17. The molecule has 1 fully saturated rings. The van der Waals surface area contributed by atoms with E-state index in [-0.39, 0.29) is 0 Å². The molecule has 0 saturated heterocycles. The third-order valence-electron chi connectivity index (χ3n) is 3.62. The molecular weight excluding hydrogens is 156 g/mol. The summed E-state index contributed by atoms with van der Waals surface area (Å²) < 4.78 is 0. The van der Waals surface area contributed by atoms with Crippen LogP contribution in [0.15, 0.2) is 0 Å². The Kier molecular flexibility index (Phi) is 6.45. The average molecular weight is 184 g/mol. The molecule has 0 atom stereocenters. The smallest absolute Gasteiger partial charge is 0.0329 e. The molecular formula is C13H28. The van der Waals surface area contributed by atoms with Crippen LogP contribution in [0.2, 0.25) is 0 Å². The molecule has 0 aromatic carbocycles. The molecule has 1 saturated carbocycles. The lowest BCUT2D eigenvalue weighted by atomic mass is 9.70. The highest BCUT2D eigenvalue weighted by Crippen LogP contribution is 2.40. The zero-order valence-corrected chi connectivity index (χ0v) is 10.3. The monoisotopic (exact) mass is 184 g/mol. The van der Waals surface area contributed by atoms with E-state index in [0.717, 1.165) is 5.92 Å². The van der Waals surface area contributed by atoms with E-state index in [0.29, 0.717) is 5.41 Å². The molecule has 1 aliphatic rings. The highest BCUT2D eigenvalue weighted by Gasteiger charge is 2.28. The Hall–Kier alpha value is 0. The third-order valence-corrected chi connectivity index (χ3v) is 3.62. The Morgan fingerprint density at radius 2 is 1.46 bits per heavy atom. The Morgan fingerprint density at radius 3 is 1.85 bits per heavy atom. The topological polar surface area (TPSA) is 0 Å². The van der Waals surface area contributed by atoms with E-state index in [1.807, 2.05) is 13.8 Å². The predicted molar refractivity (Wildman–Crippen MR) is 62.0 cm³/mol. The Morgan fingerprint density at radius 1 is 1.00 bits per heavy atom. The van der Waals surface area contributed by atoms with Crippen molar-refractivity contribution in [1.29, 1.82) is 0 Å². The molecule has 0 nitrogen and oxygen atoms in total. The van der Waals surface area contributed by atoms with Gasteiger partial charge in [0.2, 0.25) is 0 Å². The van der Waals surface area contributed by atoms with Gasteiger partial charge in [0.1, 0.15) is 0 Å². The van der Waals surface area contributed by atoms with Crippen LogP contribution in [-0.4, -0.2) is 0 Å². The van der Waals surface area contributed by atoms with Crippen molar-refractivity contribution in [2.24, 2.45) is 11.3 Å². The number of hydrogen-bond acceptors (Lipinski definition) is 0. The van der Waals surface area contributed by atoms with Gasteiger partial charge in [0.15, 0.2) is 0 Å². The zero-order chi connectivity index (χ0) is 10.3. The second-order valence-electron chi connectivity index (χ2n) is 4.68. The van der Waals surface area contributed by atoms with Gasteiger partial charge in [-0.25, -0.2) is 0 Å². The van der Waals surface area contributed by atoms with Crippen LogP contribution < -0.4 is 0 Å². The first-order valence-corrected chi connectivity index (χ1v) is 6.17. The highest BCUT2D eigenvalue weighted by atomic mass is 14.3. The molecule has 0 radical (unpaired) electrons. The maximum atomic E-state index is 2.43. The summed E-state index contributed by atoms with van der Waals surface area (Å²) >= 11 is 0. The summed E-state index contributed by atoms with van der Waals surface area (Å²) in [5.41, 5.74) is 0.612. The molecule has 0 aliphatic heterocycles. The molecule has 0 heteroatoms. The third kappa shape index (κ3) is 4.15. The van der Waals surface area contributed by atoms with Gasteiger partial charge < -0.3 is 0 Å². The minimum Gasteiger partial charge on any atom is -0.0683 e. The van der Waals surface area contributed by atoms with Crippen molar-refractivity contribution in [2.75, 3.05) is 0 Å². The lowest BCUT2D eigenvalue weighted by molar-refractivity contribution is 0.152. The molecule has 0 heterocycles. The first kappa shape index (κ1) is 13.0. The second kappa shape index (κ2) is 6.45. The van der Waals surface area contributed by atoms with Crippen LogP contribution in [-0.2, 0) is 0 Å². The maximum absolute atomic E-state index is 2.43. The number of hydrogen-bond donors (Lipinski definition) is 0. The van der Waals surface area contributed by atoms with E-state index in [2.05, 4.69) is 20.8 Å². The van der Waals surface area contributed by atoms with Gasteiger partial charge >= 0.3 is 0 Å². The Balaban J connectivity index is 0.000000671. The minimum absolute atomic E-state index is 0.612. The van der Waals surface area contributed by atoms with Gasteiger partial charge in [-0.3, -0.25) is 0 Å². The molecule has 0 unspecified atom stereocenters. The summed E-state index contributed by atoms with van der Waals surface area (Å²) in [5.74, 6) is 1.02. The Bertz CT molecular complexity index is 107. The largest absolute Gasteiger partial charge is 0.0683 e. The van der Waals surface area contributed by atoms with Crippen LogP contribution in [0, 0.1) is 11.3 Å². The fraction of sp³-hybridized carbons (Fsp3) is 1.00. The molecule has 0 amide bonds. The van der Waals surface area contributed by atoms with Crippen molar-refractivity contribution in [1.82, 2.24) is 0 Å². The quantitative estimate of drug-likeness (QED) is 0.564. The highest BCUT2D eigenvalue weighted by molar-refractivity contribution is 4.79.